The summed E-state index contributed by atoms with van der Waals surface area (Å²) in [6.07, 6.45) is 1.70. The predicted octanol–water partition coefficient (Wildman–Crippen LogP) is 2.00. The topological polar surface area (TPSA) is 114 Å². The third kappa shape index (κ3) is 1.97. The van der Waals surface area contributed by atoms with Crippen LogP contribution in [-0.4, -0.2) is 38.1 Å². The van der Waals surface area contributed by atoms with Gasteiger partial charge in [0.1, 0.15) is 11.4 Å². The lowest BCUT2D eigenvalue weighted by Gasteiger charge is -2.07. The monoisotopic (exact) mass is 322 g/mol. The van der Waals surface area contributed by atoms with Gasteiger partial charge < -0.3 is 15.7 Å². The van der Waals surface area contributed by atoms with Crippen LogP contribution in [0, 0.1) is 0 Å². The molecule has 2 aromatic carbocycles. The second-order valence-electron chi connectivity index (χ2n) is 5.24. The van der Waals surface area contributed by atoms with Gasteiger partial charge in [-0.3, -0.25) is 9.78 Å². The number of amidine groups is 1. The zero-order valence-corrected chi connectivity index (χ0v) is 12.8. The third-order valence-corrected chi connectivity index (χ3v) is 3.96. The number of methoxy groups -OCH3 is 1. The Kier molecular flexibility index (Phi) is 3.09. The average Bonchev–Trinajstić information content (AvgIpc) is 3.25. The van der Waals surface area contributed by atoms with Gasteiger partial charge in [0.05, 0.1) is 30.0 Å². The van der Waals surface area contributed by atoms with E-state index in [0.29, 0.717) is 5.69 Å². The molecule has 0 aliphatic rings. The van der Waals surface area contributed by atoms with Gasteiger partial charge in [-0.1, -0.05) is 5.16 Å². The first kappa shape index (κ1) is 14.1. The molecule has 0 atom stereocenters. The SMILES string of the molecule is COc1ccc(-n2[nH]c(C(N)=NO)c3ccc4nncc4c32)cc1. The van der Waals surface area contributed by atoms with Gasteiger partial charge in [-0.25, -0.2) is 0 Å². The van der Waals surface area contributed by atoms with E-state index in [-0.39, 0.29) is 5.84 Å². The Morgan fingerprint density at radius 1 is 1.21 bits per heavy atom. The van der Waals surface area contributed by atoms with E-state index in [0.717, 1.165) is 33.2 Å². The molecule has 4 aromatic rings. The highest BCUT2D eigenvalue weighted by Gasteiger charge is 2.17. The van der Waals surface area contributed by atoms with Gasteiger partial charge in [-0.05, 0) is 36.4 Å². The van der Waals surface area contributed by atoms with Crippen LogP contribution in [0.4, 0.5) is 0 Å². The van der Waals surface area contributed by atoms with Crippen LogP contribution in [0.2, 0.25) is 0 Å². The number of benzene rings is 2. The largest absolute Gasteiger partial charge is 0.497 e. The summed E-state index contributed by atoms with van der Waals surface area (Å²) in [5.74, 6) is 0.757. The van der Waals surface area contributed by atoms with Gasteiger partial charge in [0.15, 0.2) is 5.84 Å². The molecule has 0 saturated heterocycles. The van der Waals surface area contributed by atoms with Gasteiger partial charge in [0.2, 0.25) is 0 Å². The fraction of sp³-hybridized carbons (Fsp3) is 0.0625. The zero-order chi connectivity index (χ0) is 16.7. The molecule has 0 aliphatic heterocycles. The van der Waals surface area contributed by atoms with Crippen molar-refractivity contribution in [2.45, 2.75) is 0 Å². The highest BCUT2D eigenvalue weighted by Crippen LogP contribution is 2.29. The van der Waals surface area contributed by atoms with E-state index in [2.05, 4.69) is 20.5 Å². The van der Waals surface area contributed by atoms with E-state index in [1.165, 1.54) is 0 Å². The lowest BCUT2D eigenvalue weighted by Crippen LogP contribution is -2.14. The molecule has 0 bridgehead atoms. The summed E-state index contributed by atoms with van der Waals surface area (Å²) in [5, 5.41) is 25.1. The first-order valence-electron chi connectivity index (χ1n) is 7.20. The molecule has 0 aliphatic carbocycles. The van der Waals surface area contributed by atoms with Crippen molar-refractivity contribution >= 4 is 27.6 Å². The van der Waals surface area contributed by atoms with Gasteiger partial charge >= 0.3 is 0 Å². The van der Waals surface area contributed by atoms with Gasteiger partial charge in [0, 0.05) is 10.8 Å². The molecular formula is C16H14N6O2. The highest BCUT2D eigenvalue weighted by molar-refractivity contribution is 6.13. The van der Waals surface area contributed by atoms with E-state index in [1.807, 2.05) is 41.1 Å². The molecule has 24 heavy (non-hydrogen) atoms. The van der Waals surface area contributed by atoms with Crippen LogP contribution in [0.1, 0.15) is 5.69 Å². The lowest BCUT2D eigenvalue weighted by atomic mass is 10.1. The quantitative estimate of drug-likeness (QED) is 0.231. The number of hydrogen-bond acceptors (Lipinski definition) is 5. The molecule has 120 valence electrons. The highest BCUT2D eigenvalue weighted by atomic mass is 16.5. The number of aromatic amines is 1. The number of hydrogen-bond donors (Lipinski definition) is 3. The first-order chi connectivity index (χ1) is 11.7. The summed E-state index contributed by atoms with van der Waals surface area (Å²) in [7, 11) is 1.62. The number of fused-ring (bicyclic) bond motifs is 3. The van der Waals surface area contributed by atoms with Gasteiger partial charge in [0.25, 0.3) is 0 Å². The third-order valence-electron chi connectivity index (χ3n) is 3.96. The lowest BCUT2D eigenvalue weighted by molar-refractivity contribution is 0.318. The summed E-state index contributed by atoms with van der Waals surface area (Å²) in [5.41, 5.74) is 8.83. The average molecular weight is 322 g/mol. The minimum Gasteiger partial charge on any atom is -0.497 e. The Labute approximate surface area is 136 Å². The van der Waals surface area contributed by atoms with Crippen LogP contribution in [0.25, 0.3) is 27.5 Å². The number of rotatable bonds is 3. The van der Waals surface area contributed by atoms with Crippen molar-refractivity contribution in [2.24, 2.45) is 10.9 Å². The van der Waals surface area contributed by atoms with Gasteiger partial charge in [-0.15, -0.1) is 0 Å². The standard InChI is InChI=1S/C16H14N6O2/c1-24-10-4-2-9(3-5-10)22-15-11(14(20-22)16(17)21-23)6-7-13-12(15)8-18-19-13/h2-8,20,23H,1H3,(H2,17,21). The maximum Gasteiger partial charge on any atom is 0.188 e. The molecule has 0 unspecified atom stereocenters. The summed E-state index contributed by atoms with van der Waals surface area (Å²) < 4.78 is 7.05. The van der Waals surface area contributed by atoms with Crippen molar-refractivity contribution in [3.63, 3.8) is 0 Å². The van der Waals surface area contributed by atoms with Crippen LogP contribution < -0.4 is 10.5 Å². The molecular weight excluding hydrogens is 308 g/mol. The minimum absolute atomic E-state index is 0.000846. The van der Waals surface area contributed by atoms with Crippen molar-refractivity contribution < 1.29 is 9.94 Å². The van der Waals surface area contributed by atoms with Crippen molar-refractivity contribution in [3.05, 3.63) is 48.3 Å². The van der Waals surface area contributed by atoms with Crippen LogP contribution in [-0.2, 0) is 0 Å². The summed E-state index contributed by atoms with van der Waals surface area (Å²) in [6, 6.07) is 11.3. The molecule has 8 heteroatoms. The van der Waals surface area contributed by atoms with Crippen molar-refractivity contribution in [1.29, 1.82) is 0 Å². The fourth-order valence-corrected chi connectivity index (χ4v) is 2.80. The summed E-state index contributed by atoms with van der Waals surface area (Å²) >= 11 is 0. The molecule has 0 amide bonds. The Bertz CT molecular complexity index is 1060. The number of nitrogens with zero attached hydrogens (tertiary/aromatic N) is 4. The normalized spacial score (nSPS) is 12.1. The number of oxime groups is 1. The summed E-state index contributed by atoms with van der Waals surface area (Å²) in [4.78, 5) is 0. The van der Waals surface area contributed by atoms with Crippen LogP contribution in [0.3, 0.4) is 0 Å². The Hall–Kier alpha value is -3.55. The van der Waals surface area contributed by atoms with E-state index < -0.39 is 0 Å². The Morgan fingerprint density at radius 2 is 2.00 bits per heavy atom. The number of ether oxygens (including phenoxy) is 1. The maximum atomic E-state index is 9.06. The maximum absolute atomic E-state index is 9.06. The number of nitrogens with one attached hydrogen (secondary N) is 1. The summed E-state index contributed by atoms with van der Waals surface area (Å²) in [6.45, 7) is 0. The second kappa shape index (κ2) is 5.27. The zero-order valence-electron chi connectivity index (χ0n) is 12.8. The van der Waals surface area contributed by atoms with Crippen LogP contribution in [0.5, 0.6) is 5.75 Å². The van der Waals surface area contributed by atoms with Crippen molar-refractivity contribution in [2.75, 3.05) is 7.11 Å². The Balaban J connectivity index is 2.07. The van der Waals surface area contributed by atoms with E-state index in [4.69, 9.17) is 15.7 Å². The molecule has 4 rings (SSSR count). The molecule has 0 spiro atoms. The number of H-pyrrole nitrogens is 1. The smallest absolute Gasteiger partial charge is 0.188 e. The molecule has 8 nitrogen and oxygen atoms in total. The number of aromatic nitrogens is 4. The molecule has 0 radical (unpaired) electrons. The number of nitrogens with two attached hydrogens (primary N) is 1. The molecule has 0 saturated carbocycles. The van der Waals surface area contributed by atoms with Gasteiger partial charge in [-0.2, -0.15) is 10.2 Å². The van der Waals surface area contributed by atoms with Crippen LogP contribution >= 0.6 is 0 Å². The molecule has 2 aromatic heterocycles. The van der Waals surface area contributed by atoms with E-state index in [9.17, 15) is 0 Å². The minimum atomic E-state index is -0.000846. The Morgan fingerprint density at radius 3 is 2.71 bits per heavy atom. The second-order valence-corrected chi connectivity index (χ2v) is 5.24. The first-order valence-corrected chi connectivity index (χ1v) is 7.20. The fourth-order valence-electron chi connectivity index (χ4n) is 2.80. The van der Waals surface area contributed by atoms with Crippen molar-refractivity contribution in [1.82, 2.24) is 20.0 Å². The van der Waals surface area contributed by atoms with E-state index >= 15 is 0 Å². The molecule has 2 heterocycles. The predicted molar refractivity (Wildman–Crippen MR) is 89.8 cm³/mol. The van der Waals surface area contributed by atoms with Crippen molar-refractivity contribution in [3.8, 4) is 11.4 Å². The molecule has 0 fully saturated rings. The van der Waals surface area contributed by atoms with E-state index in [1.54, 1.807) is 13.3 Å². The van der Waals surface area contributed by atoms with Crippen LogP contribution in [0.15, 0.2) is 47.8 Å². The molecule has 4 N–H and O–H groups in total.